The molecule has 18 heavy (non-hydrogen) atoms. The number of nitrogens with zero attached hydrogens (tertiary/aromatic N) is 4. The molecule has 0 N–H and O–H groups in total. The Morgan fingerprint density at radius 1 is 1.17 bits per heavy atom. The number of hydrogen-bond donors (Lipinski definition) is 0. The summed E-state index contributed by atoms with van der Waals surface area (Å²) in [4.78, 5) is 18.8. The molecule has 0 spiro atoms. The Labute approximate surface area is 102 Å². The standard InChI is InChI=1S/C12H8N4O2/c17-16(18)10-5-2-1-4-9(10)11-8-14-12-13-6-3-7-15(11)12/h1-8H. The molecule has 6 heteroatoms. The lowest BCUT2D eigenvalue weighted by atomic mass is 10.1. The zero-order valence-electron chi connectivity index (χ0n) is 9.22. The molecule has 0 radical (unpaired) electrons. The van der Waals surface area contributed by atoms with E-state index >= 15 is 0 Å². The van der Waals surface area contributed by atoms with Gasteiger partial charge in [-0.2, -0.15) is 0 Å². The summed E-state index contributed by atoms with van der Waals surface area (Å²) in [6, 6.07) is 8.34. The number of para-hydroxylation sites is 1. The maximum atomic E-state index is 11.0. The van der Waals surface area contributed by atoms with Crippen molar-refractivity contribution in [3.05, 3.63) is 59.0 Å². The molecular weight excluding hydrogens is 232 g/mol. The van der Waals surface area contributed by atoms with Crippen molar-refractivity contribution in [3.8, 4) is 11.3 Å². The highest BCUT2D eigenvalue weighted by atomic mass is 16.6. The first-order valence-electron chi connectivity index (χ1n) is 5.29. The van der Waals surface area contributed by atoms with Crippen molar-refractivity contribution < 1.29 is 4.92 Å². The minimum absolute atomic E-state index is 0.0585. The quantitative estimate of drug-likeness (QED) is 0.509. The molecule has 0 aliphatic heterocycles. The van der Waals surface area contributed by atoms with Gasteiger partial charge in [-0.1, -0.05) is 12.1 Å². The molecule has 3 rings (SSSR count). The molecule has 0 aliphatic carbocycles. The van der Waals surface area contributed by atoms with E-state index in [9.17, 15) is 10.1 Å². The van der Waals surface area contributed by atoms with E-state index in [4.69, 9.17) is 0 Å². The monoisotopic (exact) mass is 240 g/mol. The van der Waals surface area contributed by atoms with Gasteiger partial charge in [-0.15, -0.1) is 0 Å². The van der Waals surface area contributed by atoms with Crippen LogP contribution in [0.2, 0.25) is 0 Å². The van der Waals surface area contributed by atoms with Crippen LogP contribution >= 0.6 is 0 Å². The Morgan fingerprint density at radius 2 is 2.00 bits per heavy atom. The number of benzene rings is 1. The van der Waals surface area contributed by atoms with Crippen LogP contribution in [0.25, 0.3) is 17.0 Å². The number of fused-ring (bicyclic) bond motifs is 1. The van der Waals surface area contributed by atoms with Gasteiger partial charge in [0.1, 0.15) is 0 Å². The molecule has 3 aromatic rings. The Hall–Kier alpha value is -2.76. The van der Waals surface area contributed by atoms with Gasteiger partial charge in [0, 0.05) is 18.5 Å². The van der Waals surface area contributed by atoms with Gasteiger partial charge in [-0.05, 0) is 12.1 Å². The van der Waals surface area contributed by atoms with Crippen LogP contribution < -0.4 is 0 Å². The van der Waals surface area contributed by atoms with Crippen LogP contribution in [0.3, 0.4) is 0 Å². The molecule has 0 bridgehead atoms. The number of nitro groups is 1. The normalized spacial score (nSPS) is 10.7. The van der Waals surface area contributed by atoms with Gasteiger partial charge in [0.05, 0.1) is 22.4 Å². The van der Waals surface area contributed by atoms with Crippen LogP contribution in [0.1, 0.15) is 0 Å². The number of rotatable bonds is 2. The van der Waals surface area contributed by atoms with Gasteiger partial charge in [0.2, 0.25) is 5.78 Å². The molecule has 0 atom stereocenters. The highest BCUT2D eigenvalue weighted by Crippen LogP contribution is 2.29. The molecule has 2 heterocycles. The van der Waals surface area contributed by atoms with E-state index < -0.39 is 4.92 Å². The summed E-state index contributed by atoms with van der Waals surface area (Å²) in [7, 11) is 0. The summed E-state index contributed by atoms with van der Waals surface area (Å²) in [5.74, 6) is 0.519. The first-order valence-corrected chi connectivity index (χ1v) is 5.29. The topological polar surface area (TPSA) is 73.3 Å². The van der Waals surface area contributed by atoms with Crippen LogP contribution in [0.5, 0.6) is 0 Å². The van der Waals surface area contributed by atoms with Crippen LogP contribution in [-0.4, -0.2) is 19.3 Å². The second-order valence-corrected chi connectivity index (χ2v) is 3.71. The Balaban J connectivity index is 2.30. The molecule has 0 saturated heterocycles. The highest BCUT2D eigenvalue weighted by molar-refractivity contribution is 5.72. The molecule has 1 aromatic carbocycles. The molecule has 0 unspecified atom stereocenters. The Kier molecular flexibility index (Phi) is 2.26. The van der Waals surface area contributed by atoms with Crippen molar-refractivity contribution >= 4 is 11.5 Å². The highest BCUT2D eigenvalue weighted by Gasteiger charge is 2.17. The van der Waals surface area contributed by atoms with Crippen LogP contribution in [-0.2, 0) is 0 Å². The fourth-order valence-electron chi connectivity index (χ4n) is 1.88. The Bertz CT molecular complexity index is 736. The minimum Gasteiger partial charge on any atom is -0.283 e. The summed E-state index contributed by atoms with van der Waals surface area (Å²) >= 11 is 0. The average Bonchev–Trinajstić information content (AvgIpc) is 2.82. The smallest absolute Gasteiger partial charge is 0.278 e. The van der Waals surface area contributed by atoms with E-state index in [-0.39, 0.29) is 5.69 Å². The second kappa shape index (κ2) is 3.92. The number of hydrogen-bond acceptors (Lipinski definition) is 4. The van der Waals surface area contributed by atoms with Crippen LogP contribution in [0.4, 0.5) is 5.69 Å². The van der Waals surface area contributed by atoms with Crippen molar-refractivity contribution in [1.82, 2.24) is 14.4 Å². The van der Waals surface area contributed by atoms with Crippen molar-refractivity contribution in [1.29, 1.82) is 0 Å². The number of imidazole rings is 1. The van der Waals surface area contributed by atoms with Gasteiger partial charge in [0.15, 0.2) is 0 Å². The summed E-state index contributed by atoms with van der Waals surface area (Å²) < 4.78 is 1.72. The van der Waals surface area contributed by atoms with Crippen LogP contribution in [0, 0.1) is 10.1 Å². The largest absolute Gasteiger partial charge is 0.283 e. The molecule has 0 fully saturated rings. The molecular formula is C12H8N4O2. The molecule has 88 valence electrons. The maximum Gasteiger partial charge on any atom is 0.278 e. The fraction of sp³-hybridized carbons (Fsp3) is 0. The molecule has 0 saturated carbocycles. The minimum atomic E-state index is -0.398. The molecule has 6 nitrogen and oxygen atoms in total. The van der Waals surface area contributed by atoms with Gasteiger partial charge < -0.3 is 0 Å². The Morgan fingerprint density at radius 3 is 2.83 bits per heavy atom. The number of aromatic nitrogens is 3. The lowest BCUT2D eigenvalue weighted by molar-refractivity contribution is -0.384. The maximum absolute atomic E-state index is 11.0. The zero-order valence-corrected chi connectivity index (χ0v) is 9.22. The van der Waals surface area contributed by atoms with Gasteiger partial charge in [-0.25, -0.2) is 9.97 Å². The van der Waals surface area contributed by atoms with E-state index in [0.717, 1.165) is 0 Å². The second-order valence-electron chi connectivity index (χ2n) is 3.71. The van der Waals surface area contributed by atoms with Crippen molar-refractivity contribution in [2.75, 3.05) is 0 Å². The van der Waals surface area contributed by atoms with E-state index in [1.165, 1.54) is 6.07 Å². The summed E-state index contributed by atoms with van der Waals surface area (Å²) in [6.07, 6.45) is 5.00. The summed E-state index contributed by atoms with van der Waals surface area (Å²) in [6.45, 7) is 0. The SMILES string of the molecule is O=[N+]([O-])c1ccccc1-c1cnc2ncccn12. The van der Waals surface area contributed by atoms with Gasteiger partial charge >= 0.3 is 0 Å². The lowest BCUT2D eigenvalue weighted by Gasteiger charge is -2.02. The van der Waals surface area contributed by atoms with Crippen molar-refractivity contribution in [2.45, 2.75) is 0 Å². The molecule has 0 amide bonds. The third-order valence-corrected chi connectivity index (χ3v) is 2.67. The predicted octanol–water partition coefficient (Wildman–Crippen LogP) is 2.30. The summed E-state index contributed by atoms with van der Waals surface area (Å²) in [5, 5.41) is 11.0. The van der Waals surface area contributed by atoms with E-state index in [1.807, 2.05) is 0 Å². The van der Waals surface area contributed by atoms with E-state index in [0.29, 0.717) is 17.0 Å². The van der Waals surface area contributed by atoms with Crippen molar-refractivity contribution in [2.24, 2.45) is 0 Å². The molecule has 2 aromatic heterocycles. The first-order chi connectivity index (χ1) is 8.77. The van der Waals surface area contributed by atoms with Crippen LogP contribution in [0.15, 0.2) is 48.9 Å². The summed E-state index contributed by atoms with van der Waals surface area (Å²) in [5.41, 5.74) is 1.25. The van der Waals surface area contributed by atoms with E-state index in [1.54, 1.807) is 47.3 Å². The lowest BCUT2D eigenvalue weighted by Crippen LogP contribution is -1.94. The average molecular weight is 240 g/mol. The predicted molar refractivity (Wildman–Crippen MR) is 65.1 cm³/mol. The third kappa shape index (κ3) is 1.51. The zero-order chi connectivity index (χ0) is 12.5. The van der Waals surface area contributed by atoms with Gasteiger partial charge in [0.25, 0.3) is 5.69 Å². The fourth-order valence-corrected chi connectivity index (χ4v) is 1.88. The third-order valence-electron chi connectivity index (χ3n) is 2.67. The first kappa shape index (κ1) is 10.4. The molecule has 0 aliphatic rings. The van der Waals surface area contributed by atoms with Crippen molar-refractivity contribution in [3.63, 3.8) is 0 Å². The van der Waals surface area contributed by atoms with Gasteiger partial charge in [-0.3, -0.25) is 14.5 Å². The van der Waals surface area contributed by atoms with E-state index in [2.05, 4.69) is 9.97 Å². The number of nitro benzene ring substituents is 1.